The Morgan fingerprint density at radius 3 is 2.60 bits per heavy atom. The minimum atomic E-state index is 0.117. The van der Waals surface area contributed by atoms with Gasteiger partial charge in [0, 0.05) is 31.6 Å². The average Bonchev–Trinajstić information content (AvgIpc) is 2.76. The summed E-state index contributed by atoms with van der Waals surface area (Å²) in [6.07, 6.45) is 5.47. The largest absolute Gasteiger partial charge is 0.340 e. The SMILES string of the molecule is Cc1nc2c(n1CC(=O)N1CCC(=O)CC1)CCCC2. The van der Waals surface area contributed by atoms with Gasteiger partial charge in [0.25, 0.3) is 0 Å². The van der Waals surface area contributed by atoms with Gasteiger partial charge >= 0.3 is 0 Å². The number of piperidine rings is 1. The number of aromatic nitrogens is 2. The standard InChI is InChI=1S/C15H21N3O2/c1-11-16-13-4-2-3-5-14(13)18(11)10-15(20)17-8-6-12(19)7-9-17/h2-10H2,1H3. The molecule has 5 nitrogen and oxygen atoms in total. The molecule has 1 aromatic heterocycles. The molecule has 2 heterocycles. The van der Waals surface area contributed by atoms with Crippen molar-refractivity contribution in [3.05, 3.63) is 17.2 Å². The number of rotatable bonds is 2. The summed E-state index contributed by atoms with van der Waals surface area (Å²) < 4.78 is 2.08. The maximum Gasteiger partial charge on any atom is 0.242 e. The van der Waals surface area contributed by atoms with Crippen molar-refractivity contribution >= 4 is 11.7 Å². The third-order valence-corrected chi connectivity index (χ3v) is 4.39. The highest BCUT2D eigenvalue weighted by molar-refractivity contribution is 5.83. The molecule has 1 amide bonds. The monoisotopic (exact) mass is 275 g/mol. The fourth-order valence-electron chi connectivity index (χ4n) is 3.19. The van der Waals surface area contributed by atoms with Gasteiger partial charge in [-0.1, -0.05) is 0 Å². The fourth-order valence-corrected chi connectivity index (χ4v) is 3.19. The second-order valence-electron chi connectivity index (χ2n) is 5.77. The molecule has 2 aliphatic rings. The molecule has 1 aliphatic carbocycles. The van der Waals surface area contributed by atoms with E-state index in [-0.39, 0.29) is 11.7 Å². The molecule has 0 aromatic carbocycles. The molecule has 5 heteroatoms. The molecule has 0 radical (unpaired) electrons. The van der Waals surface area contributed by atoms with Crippen LogP contribution in [0.5, 0.6) is 0 Å². The number of carbonyl (C=O) groups excluding carboxylic acids is 2. The smallest absolute Gasteiger partial charge is 0.242 e. The van der Waals surface area contributed by atoms with Crippen LogP contribution in [0.1, 0.15) is 42.9 Å². The summed E-state index contributed by atoms with van der Waals surface area (Å²) in [5.41, 5.74) is 2.42. The van der Waals surface area contributed by atoms with Crippen molar-refractivity contribution in [3.8, 4) is 0 Å². The van der Waals surface area contributed by atoms with E-state index < -0.39 is 0 Å². The Balaban J connectivity index is 1.73. The maximum absolute atomic E-state index is 12.4. The van der Waals surface area contributed by atoms with Gasteiger partial charge < -0.3 is 9.47 Å². The van der Waals surface area contributed by atoms with Gasteiger partial charge in [0.2, 0.25) is 5.91 Å². The molecule has 0 spiro atoms. The number of carbonyl (C=O) groups is 2. The van der Waals surface area contributed by atoms with Gasteiger partial charge in [-0.15, -0.1) is 0 Å². The van der Waals surface area contributed by atoms with Gasteiger partial charge in [-0.2, -0.15) is 0 Å². The molecule has 0 atom stereocenters. The van der Waals surface area contributed by atoms with Crippen molar-refractivity contribution in [2.45, 2.75) is 52.0 Å². The van der Waals surface area contributed by atoms with Crippen LogP contribution in [-0.2, 0) is 29.0 Å². The van der Waals surface area contributed by atoms with Crippen LogP contribution in [0.3, 0.4) is 0 Å². The van der Waals surface area contributed by atoms with Crippen LogP contribution in [0.25, 0.3) is 0 Å². The number of hydrogen-bond acceptors (Lipinski definition) is 3. The van der Waals surface area contributed by atoms with E-state index in [1.165, 1.54) is 24.2 Å². The number of fused-ring (bicyclic) bond motifs is 1. The zero-order chi connectivity index (χ0) is 14.1. The highest BCUT2D eigenvalue weighted by atomic mass is 16.2. The van der Waals surface area contributed by atoms with E-state index in [1.54, 1.807) is 0 Å². The number of amides is 1. The summed E-state index contributed by atoms with van der Waals surface area (Å²) in [5.74, 6) is 1.33. The van der Waals surface area contributed by atoms with E-state index >= 15 is 0 Å². The second kappa shape index (κ2) is 5.38. The first kappa shape index (κ1) is 13.3. The van der Waals surface area contributed by atoms with Gasteiger partial charge in [-0.05, 0) is 32.6 Å². The lowest BCUT2D eigenvalue weighted by Gasteiger charge is -2.27. The van der Waals surface area contributed by atoms with Crippen molar-refractivity contribution in [2.75, 3.05) is 13.1 Å². The van der Waals surface area contributed by atoms with E-state index in [1.807, 2.05) is 11.8 Å². The first-order valence-corrected chi connectivity index (χ1v) is 7.49. The van der Waals surface area contributed by atoms with Gasteiger partial charge in [-0.25, -0.2) is 4.98 Å². The third-order valence-electron chi connectivity index (χ3n) is 4.39. The quantitative estimate of drug-likeness (QED) is 0.816. The summed E-state index contributed by atoms with van der Waals surface area (Å²) >= 11 is 0. The average molecular weight is 275 g/mol. The van der Waals surface area contributed by atoms with Crippen LogP contribution in [0.15, 0.2) is 0 Å². The Morgan fingerprint density at radius 1 is 1.15 bits per heavy atom. The summed E-state index contributed by atoms with van der Waals surface area (Å²) in [6.45, 7) is 3.51. The van der Waals surface area contributed by atoms with Gasteiger partial charge in [0.1, 0.15) is 18.2 Å². The maximum atomic E-state index is 12.4. The van der Waals surface area contributed by atoms with Crippen LogP contribution in [-0.4, -0.2) is 39.2 Å². The molecule has 20 heavy (non-hydrogen) atoms. The minimum Gasteiger partial charge on any atom is -0.340 e. The minimum absolute atomic E-state index is 0.117. The lowest BCUT2D eigenvalue weighted by Crippen LogP contribution is -2.40. The molecule has 0 unspecified atom stereocenters. The van der Waals surface area contributed by atoms with Crippen molar-refractivity contribution in [1.82, 2.24) is 14.5 Å². The predicted octanol–water partition coefficient (Wildman–Crippen LogP) is 1.26. The van der Waals surface area contributed by atoms with Gasteiger partial charge in [-0.3, -0.25) is 9.59 Å². The summed E-state index contributed by atoms with van der Waals surface area (Å²) in [4.78, 5) is 30.0. The summed E-state index contributed by atoms with van der Waals surface area (Å²) in [7, 11) is 0. The molecular weight excluding hydrogens is 254 g/mol. The number of nitrogens with zero attached hydrogens (tertiary/aromatic N) is 3. The molecular formula is C15H21N3O2. The van der Waals surface area contributed by atoms with E-state index in [0.29, 0.717) is 32.5 Å². The van der Waals surface area contributed by atoms with E-state index in [4.69, 9.17) is 0 Å². The van der Waals surface area contributed by atoms with E-state index in [2.05, 4.69) is 9.55 Å². The van der Waals surface area contributed by atoms with Crippen LogP contribution in [0.4, 0.5) is 0 Å². The molecule has 0 saturated carbocycles. The van der Waals surface area contributed by atoms with Crippen LogP contribution in [0.2, 0.25) is 0 Å². The molecule has 0 N–H and O–H groups in total. The lowest BCUT2D eigenvalue weighted by atomic mass is 10.0. The normalized spacial score (nSPS) is 19.1. The number of imidazole rings is 1. The van der Waals surface area contributed by atoms with Gasteiger partial charge in [0.05, 0.1) is 5.69 Å². The Hall–Kier alpha value is -1.65. The van der Waals surface area contributed by atoms with Gasteiger partial charge in [0.15, 0.2) is 0 Å². The van der Waals surface area contributed by atoms with Crippen molar-refractivity contribution in [1.29, 1.82) is 0 Å². The summed E-state index contributed by atoms with van der Waals surface area (Å²) in [6, 6.07) is 0. The lowest BCUT2D eigenvalue weighted by molar-refractivity contribution is -0.135. The zero-order valence-corrected chi connectivity index (χ0v) is 12.0. The van der Waals surface area contributed by atoms with E-state index in [0.717, 1.165) is 18.7 Å². The molecule has 108 valence electrons. The van der Waals surface area contributed by atoms with Crippen molar-refractivity contribution in [3.63, 3.8) is 0 Å². The van der Waals surface area contributed by atoms with E-state index in [9.17, 15) is 9.59 Å². The fraction of sp³-hybridized carbons (Fsp3) is 0.667. The predicted molar refractivity (Wildman–Crippen MR) is 74.4 cm³/mol. The first-order valence-electron chi connectivity index (χ1n) is 7.49. The third kappa shape index (κ3) is 2.49. The highest BCUT2D eigenvalue weighted by Gasteiger charge is 2.24. The molecule has 0 bridgehead atoms. The Bertz CT molecular complexity index is 538. The second-order valence-corrected chi connectivity index (χ2v) is 5.77. The number of ketones is 1. The first-order chi connectivity index (χ1) is 9.65. The van der Waals surface area contributed by atoms with Crippen molar-refractivity contribution in [2.24, 2.45) is 0 Å². The molecule has 1 saturated heterocycles. The number of aryl methyl sites for hydroxylation is 2. The summed E-state index contributed by atoms with van der Waals surface area (Å²) in [5, 5.41) is 0. The van der Waals surface area contributed by atoms with Crippen LogP contribution in [0, 0.1) is 6.92 Å². The number of Topliss-reactive ketones (excluding diaryl/α,β-unsaturated/α-hetero) is 1. The zero-order valence-electron chi connectivity index (χ0n) is 12.0. The molecule has 1 fully saturated rings. The number of likely N-dealkylation sites (tertiary alicyclic amines) is 1. The molecule has 3 rings (SSSR count). The molecule has 1 aliphatic heterocycles. The van der Waals surface area contributed by atoms with Crippen molar-refractivity contribution < 1.29 is 9.59 Å². The highest BCUT2D eigenvalue weighted by Crippen LogP contribution is 2.22. The molecule has 1 aromatic rings. The van der Waals surface area contributed by atoms with Crippen LogP contribution >= 0.6 is 0 Å². The number of hydrogen-bond donors (Lipinski definition) is 0. The topological polar surface area (TPSA) is 55.2 Å². The Morgan fingerprint density at radius 2 is 1.85 bits per heavy atom. The Labute approximate surface area is 119 Å². The Kier molecular flexibility index (Phi) is 3.59. The van der Waals surface area contributed by atoms with Crippen LogP contribution < -0.4 is 0 Å².